The predicted molar refractivity (Wildman–Crippen MR) is 143 cm³/mol. The Morgan fingerprint density at radius 1 is 0.875 bits per heavy atom. The summed E-state index contributed by atoms with van der Waals surface area (Å²) in [5, 5.41) is 9.90. The molecule has 0 aliphatic carbocycles. The fraction of sp³-hybridized carbons (Fsp3) is 0.0690. The third-order valence-corrected chi connectivity index (χ3v) is 8.01. The summed E-state index contributed by atoms with van der Waals surface area (Å²) in [4.78, 5) is 20.1. The van der Waals surface area contributed by atoms with Crippen LogP contribution >= 0.6 is 0 Å². The van der Waals surface area contributed by atoms with Crippen LogP contribution in [0.4, 0.5) is 18.9 Å². The van der Waals surface area contributed by atoms with Gasteiger partial charge in [-0.2, -0.15) is 13.2 Å². The molecule has 0 aliphatic heterocycles. The zero-order chi connectivity index (χ0) is 28.5. The van der Waals surface area contributed by atoms with Crippen LogP contribution in [0.1, 0.15) is 21.5 Å². The van der Waals surface area contributed by atoms with E-state index in [9.17, 15) is 31.5 Å². The Morgan fingerprint density at radius 2 is 1.57 bits per heavy atom. The first kappa shape index (κ1) is 26.8. The highest BCUT2D eigenvalue weighted by atomic mass is 32.2. The van der Waals surface area contributed by atoms with E-state index in [1.165, 1.54) is 24.5 Å². The highest BCUT2D eigenvalue weighted by Crippen LogP contribution is 2.38. The summed E-state index contributed by atoms with van der Waals surface area (Å²) in [7, 11) is -4.45. The number of halogens is 3. The Hall–Kier alpha value is -4.77. The van der Waals surface area contributed by atoms with Crippen molar-refractivity contribution in [1.82, 2.24) is 9.97 Å². The van der Waals surface area contributed by atoms with Crippen LogP contribution in [0.15, 0.2) is 108 Å². The maximum Gasteiger partial charge on any atom is 0.416 e. The van der Waals surface area contributed by atoms with E-state index >= 15 is 0 Å². The van der Waals surface area contributed by atoms with Crippen LogP contribution < -0.4 is 4.31 Å². The van der Waals surface area contributed by atoms with Gasteiger partial charge in [-0.25, -0.2) is 13.2 Å². The highest BCUT2D eigenvalue weighted by molar-refractivity contribution is 7.92. The van der Waals surface area contributed by atoms with Crippen LogP contribution in [0, 0.1) is 0 Å². The van der Waals surface area contributed by atoms with Gasteiger partial charge in [0, 0.05) is 24.0 Å². The lowest BCUT2D eigenvalue weighted by molar-refractivity contribution is -0.137. The fourth-order valence-corrected chi connectivity index (χ4v) is 5.79. The molecule has 0 radical (unpaired) electrons. The van der Waals surface area contributed by atoms with Crippen LogP contribution in [0.3, 0.4) is 0 Å². The number of nitrogens with zero attached hydrogens (tertiary/aromatic N) is 3. The van der Waals surface area contributed by atoms with Gasteiger partial charge in [-0.05, 0) is 47.0 Å². The number of hydrogen-bond donors (Lipinski definition) is 1. The molecule has 202 valence electrons. The molecule has 1 N–H and O–H groups in total. The maximum absolute atomic E-state index is 14.1. The van der Waals surface area contributed by atoms with Crippen LogP contribution in [0.25, 0.3) is 22.0 Å². The van der Waals surface area contributed by atoms with Crippen molar-refractivity contribution in [2.75, 3.05) is 4.31 Å². The number of sulfonamides is 1. The molecular formula is C29H20F3N3O4S. The van der Waals surface area contributed by atoms with Crippen molar-refractivity contribution in [1.29, 1.82) is 0 Å². The van der Waals surface area contributed by atoms with Crippen LogP contribution in [0.2, 0.25) is 0 Å². The average molecular weight is 564 g/mol. The van der Waals surface area contributed by atoms with Gasteiger partial charge in [0.15, 0.2) is 0 Å². The molecule has 0 atom stereocenters. The summed E-state index contributed by atoms with van der Waals surface area (Å²) in [6, 6.07) is 21.1. The monoisotopic (exact) mass is 563 g/mol. The van der Waals surface area contributed by atoms with Gasteiger partial charge in [0.1, 0.15) is 5.56 Å². The molecule has 11 heteroatoms. The van der Waals surface area contributed by atoms with E-state index in [1.807, 2.05) is 30.3 Å². The molecule has 0 fully saturated rings. The van der Waals surface area contributed by atoms with Gasteiger partial charge < -0.3 is 5.11 Å². The molecule has 0 aliphatic rings. The first-order valence-corrected chi connectivity index (χ1v) is 13.3. The zero-order valence-corrected chi connectivity index (χ0v) is 21.4. The van der Waals surface area contributed by atoms with E-state index in [0.29, 0.717) is 5.56 Å². The van der Waals surface area contributed by atoms with E-state index in [2.05, 4.69) is 9.97 Å². The Balaban J connectivity index is 1.71. The number of hydrogen-bond acceptors (Lipinski definition) is 5. The molecule has 2 aromatic heterocycles. The molecule has 0 saturated heterocycles. The minimum Gasteiger partial charge on any atom is -0.478 e. The smallest absolute Gasteiger partial charge is 0.416 e. The number of fused-ring (bicyclic) bond motifs is 1. The largest absolute Gasteiger partial charge is 0.478 e. The molecule has 0 unspecified atom stereocenters. The van der Waals surface area contributed by atoms with E-state index in [1.54, 1.807) is 24.3 Å². The standard InChI is InChI=1S/C29H20F3N3O4S/c30-29(31,32)22-10-13-24-26(15-22)34-17-25(28(36)37)27(24)35(18-19-5-4-14-33-16-19)40(38,39)23-11-8-21(9-12-23)20-6-2-1-3-7-20/h1-17H,18H2,(H,36,37). The second-order valence-corrected chi connectivity index (χ2v) is 10.7. The lowest BCUT2D eigenvalue weighted by atomic mass is 10.1. The number of benzene rings is 3. The second kappa shape index (κ2) is 10.4. The summed E-state index contributed by atoms with van der Waals surface area (Å²) in [6.45, 7) is -0.336. The number of carbonyl (C=O) groups is 1. The normalized spacial score (nSPS) is 11.9. The van der Waals surface area contributed by atoms with Crippen molar-refractivity contribution in [3.8, 4) is 11.1 Å². The van der Waals surface area contributed by atoms with Gasteiger partial charge in [0.25, 0.3) is 10.0 Å². The van der Waals surface area contributed by atoms with Gasteiger partial charge in [0.2, 0.25) is 0 Å². The number of pyridine rings is 2. The Morgan fingerprint density at radius 3 is 2.20 bits per heavy atom. The summed E-state index contributed by atoms with van der Waals surface area (Å²) in [6.07, 6.45) is -0.895. The van der Waals surface area contributed by atoms with Gasteiger partial charge >= 0.3 is 12.1 Å². The Kier molecular flexibility index (Phi) is 6.99. The molecule has 3 aromatic carbocycles. The van der Waals surface area contributed by atoms with Crippen molar-refractivity contribution in [3.05, 3.63) is 120 Å². The van der Waals surface area contributed by atoms with Crippen molar-refractivity contribution in [3.63, 3.8) is 0 Å². The number of aromatic nitrogens is 2. The van der Waals surface area contributed by atoms with E-state index in [4.69, 9.17) is 0 Å². The summed E-state index contributed by atoms with van der Waals surface area (Å²) < 4.78 is 69.4. The number of rotatable bonds is 7. The molecule has 5 rings (SSSR count). The second-order valence-electron chi connectivity index (χ2n) is 8.82. The van der Waals surface area contributed by atoms with Crippen LogP contribution in [0.5, 0.6) is 0 Å². The van der Waals surface area contributed by atoms with Crippen LogP contribution in [-0.2, 0) is 22.7 Å². The molecular weight excluding hydrogens is 543 g/mol. The maximum atomic E-state index is 14.1. The number of alkyl halides is 3. The Labute approximate surface area is 227 Å². The van der Waals surface area contributed by atoms with Crippen LogP contribution in [-0.4, -0.2) is 29.5 Å². The lowest BCUT2D eigenvalue weighted by Crippen LogP contribution is -2.32. The zero-order valence-electron chi connectivity index (χ0n) is 20.6. The third-order valence-electron chi connectivity index (χ3n) is 6.25. The number of aromatic carboxylic acids is 1. The van der Waals surface area contributed by atoms with Gasteiger partial charge in [-0.1, -0.05) is 54.6 Å². The molecule has 0 spiro atoms. The lowest BCUT2D eigenvalue weighted by Gasteiger charge is -2.27. The predicted octanol–water partition coefficient (Wildman–Crippen LogP) is 6.41. The van der Waals surface area contributed by atoms with Gasteiger partial charge in [0.05, 0.1) is 28.2 Å². The van der Waals surface area contributed by atoms with Gasteiger partial charge in [-0.3, -0.25) is 14.3 Å². The van der Waals surface area contributed by atoms with E-state index in [0.717, 1.165) is 39.8 Å². The van der Waals surface area contributed by atoms with Crippen molar-refractivity contribution in [2.45, 2.75) is 17.6 Å². The SMILES string of the molecule is O=C(O)c1cnc2cc(C(F)(F)F)ccc2c1N(Cc1cccnc1)S(=O)(=O)c1ccc(-c2ccccc2)cc1. The minimum atomic E-state index is -4.68. The number of carboxylic acid groups (broad SMARTS) is 1. The fourth-order valence-electron chi connectivity index (χ4n) is 4.30. The molecule has 5 aromatic rings. The first-order chi connectivity index (χ1) is 19.1. The quantitative estimate of drug-likeness (QED) is 0.246. The summed E-state index contributed by atoms with van der Waals surface area (Å²) in [5.74, 6) is -1.49. The average Bonchev–Trinajstić information content (AvgIpc) is 2.95. The third kappa shape index (κ3) is 5.23. The van der Waals surface area contributed by atoms with Crippen molar-refractivity contribution in [2.24, 2.45) is 0 Å². The molecule has 0 bridgehead atoms. The van der Waals surface area contributed by atoms with Crippen molar-refractivity contribution >= 4 is 32.6 Å². The Bertz CT molecular complexity index is 1800. The summed E-state index contributed by atoms with van der Waals surface area (Å²) >= 11 is 0. The van der Waals surface area contributed by atoms with E-state index in [-0.39, 0.29) is 28.0 Å². The van der Waals surface area contributed by atoms with Gasteiger partial charge in [-0.15, -0.1) is 0 Å². The molecule has 2 heterocycles. The molecule has 40 heavy (non-hydrogen) atoms. The summed E-state index contributed by atoms with van der Waals surface area (Å²) in [5.41, 5.74) is 0.0643. The molecule has 0 amide bonds. The van der Waals surface area contributed by atoms with Crippen molar-refractivity contribution < 1.29 is 31.5 Å². The number of anilines is 1. The minimum absolute atomic E-state index is 0.0683. The number of carboxylic acids is 1. The topological polar surface area (TPSA) is 100 Å². The van der Waals surface area contributed by atoms with E-state index < -0.39 is 33.3 Å². The first-order valence-electron chi connectivity index (χ1n) is 11.9. The molecule has 0 saturated carbocycles. The highest BCUT2D eigenvalue weighted by Gasteiger charge is 2.34. The molecule has 7 nitrogen and oxygen atoms in total.